The Balaban J connectivity index is 1.50. The van der Waals surface area contributed by atoms with Crippen LogP contribution >= 0.6 is 23.2 Å². The fraction of sp³-hybridized carbons (Fsp3) is 0.364. The second-order valence-electron chi connectivity index (χ2n) is 7.74. The molecular formula is C22H21Cl2NO3. The minimum absolute atomic E-state index is 0.0811. The molecule has 146 valence electrons. The maximum absolute atomic E-state index is 12.8. The smallest absolute Gasteiger partial charge is 0.253 e. The van der Waals surface area contributed by atoms with Crippen molar-refractivity contribution in [1.29, 1.82) is 0 Å². The van der Waals surface area contributed by atoms with Crippen LogP contribution in [0.4, 0.5) is 0 Å². The van der Waals surface area contributed by atoms with Gasteiger partial charge in [-0.2, -0.15) is 0 Å². The number of likely N-dealkylation sites (tertiary alicyclic amines) is 1. The molecule has 2 aliphatic rings. The summed E-state index contributed by atoms with van der Waals surface area (Å²) in [7, 11) is 0. The third-order valence-corrected chi connectivity index (χ3v) is 6.57. The number of aryl methyl sites for hydroxylation is 2. The Kier molecular flexibility index (Phi) is 4.88. The largest absolute Gasteiger partial charge is 0.486 e. The molecule has 1 amide bonds. The SMILES string of the molecule is Cc1cc2c(cc1C)C(=O)CC1(CCN(C(=O)c3ccc(Cl)c(Cl)c3)CC1)O2. The zero-order valence-corrected chi connectivity index (χ0v) is 17.4. The number of halogens is 2. The second kappa shape index (κ2) is 7.09. The molecule has 6 heteroatoms. The van der Waals surface area contributed by atoms with E-state index in [1.807, 2.05) is 26.0 Å². The fourth-order valence-corrected chi connectivity index (χ4v) is 4.26. The molecule has 0 bridgehead atoms. The first-order valence-electron chi connectivity index (χ1n) is 9.36. The standard InChI is InChI=1S/C22H21Cl2NO3/c1-13-9-16-19(26)12-22(28-20(16)10-14(13)2)5-7-25(8-6-22)21(27)15-3-4-17(23)18(24)11-15/h3-4,9-11H,5-8,12H2,1-2H3. The van der Waals surface area contributed by atoms with E-state index in [2.05, 4.69) is 0 Å². The number of benzene rings is 2. The van der Waals surface area contributed by atoms with Crippen LogP contribution in [0.3, 0.4) is 0 Å². The van der Waals surface area contributed by atoms with E-state index in [4.69, 9.17) is 27.9 Å². The van der Waals surface area contributed by atoms with Gasteiger partial charge in [-0.1, -0.05) is 23.2 Å². The summed E-state index contributed by atoms with van der Waals surface area (Å²) in [6, 6.07) is 8.79. The number of ether oxygens (including phenoxy) is 1. The molecule has 0 atom stereocenters. The third-order valence-electron chi connectivity index (χ3n) is 5.83. The van der Waals surface area contributed by atoms with Crippen LogP contribution in [0, 0.1) is 13.8 Å². The van der Waals surface area contributed by atoms with Gasteiger partial charge in [0.2, 0.25) is 0 Å². The van der Waals surface area contributed by atoms with E-state index >= 15 is 0 Å². The maximum atomic E-state index is 12.8. The highest BCUT2D eigenvalue weighted by Crippen LogP contribution is 2.40. The predicted octanol–water partition coefficient (Wildman–Crippen LogP) is 5.25. The molecule has 0 N–H and O–H groups in total. The summed E-state index contributed by atoms with van der Waals surface area (Å²) in [5.74, 6) is 0.708. The molecule has 4 rings (SSSR count). The number of hydrogen-bond acceptors (Lipinski definition) is 3. The lowest BCUT2D eigenvalue weighted by Gasteiger charge is -2.44. The van der Waals surface area contributed by atoms with Crippen LogP contribution in [0.25, 0.3) is 0 Å². The van der Waals surface area contributed by atoms with Gasteiger partial charge in [0.25, 0.3) is 5.91 Å². The zero-order valence-electron chi connectivity index (χ0n) is 15.9. The maximum Gasteiger partial charge on any atom is 0.253 e. The van der Waals surface area contributed by atoms with Gasteiger partial charge in [-0.3, -0.25) is 9.59 Å². The summed E-state index contributed by atoms with van der Waals surface area (Å²) < 4.78 is 6.34. The van der Waals surface area contributed by atoms with Crippen LogP contribution in [-0.2, 0) is 0 Å². The van der Waals surface area contributed by atoms with E-state index in [1.165, 1.54) is 0 Å². The van der Waals surface area contributed by atoms with Gasteiger partial charge >= 0.3 is 0 Å². The highest BCUT2D eigenvalue weighted by Gasteiger charge is 2.43. The number of piperidine rings is 1. The molecule has 1 fully saturated rings. The average molecular weight is 418 g/mol. The molecule has 0 aromatic heterocycles. The van der Waals surface area contributed by atoms with Gasteiger partial charge in [0.1, 0.15) is 11.4 Å². The Morgan fingerprint density at radius 1 is 1.04 bits per heavy atom. The molecule has 0 saturated carbocycles. The van der Waals surface area contributed by atoms with Crippen LogP contribution in [0.5, 0.6) is 5.75 Å². The highest BCUT2D eigenvalue weighted by molar-refractivity contribution is 6.42. The van der Waals surface area contributed by atoms with Crippen LogP contribution in [0.15, 0.2) is 30.3 Å². The molecule has 0 unspecified atom stereocenters. The Labute approximate surface area is 174 Å². The van der Waals surface area contributed by atoms with Crippen molar-refractivity contribution in [2.45, 2.75) is 38.7 Å². The molecular weight excluding hydrogens is 397 g/mol. The van der Waals surface area contributed by atoms with Gasteiger partial charge in [-0.15, -0.1) is 0 Å². The molecule has 1 spiro atoms. The molecule has 2 aliphatic heterocycles. The number of nitrogens with zero attached hydrogens (tertiary/aromatic N) is 1. The number of fused-ring (bicyclic) bond motifs is 1. The van der Waals surface area contributed by atoms with Gasteiger partial charge < -0.3 is 9.64 Å². The van der Waals surface area contributed by atoms with Crippen molar-refractivity contribution in [3.05, 3.63) is 62.6 Å². The number of carbonyl (C=O) groups is 2. The number of hydrogen-bond donors (Lipinski definition) is 0. The number of ketones is 1. The van der Waals surface area contributed by atoms with E-state index in [0.29, 0.717) is 59.3 Å². The van der Waals surface area contributed by atoms with Crippen molar-refractivity contribution in [3.8, 4) is 5.75 Å². The summed E-state index contributed by atoms with van der Waals surface area (Å²) in [5, 5.41) is 0.790. The third kappa shape index (κ3) is 3.40. The monoisotopic (exact) mass is 417 g/mol. The number of carbonyl (C=O) groups excluding carboxylic acids is 2. The quantitative estimate of drug-likeness (QED) is 0.636. The summed E-state index contributed by atoms with van der Waals surface area (Å²) in [6.07, 6.45) is 1.60. The van der Waals surface area contributed by atoms with Crippen molar-refractivity contribution >= 4 is 34.9 Å². The van der Waals surface area contributed by atoms with E-state index in [0.717, 1.165) is 11.1 Å². The van der Waals surface area contributed by atoms with Crippen LogP contribution < -0.4 is 4.74 Å². The van der Waals surface area contributed by atoms with Gasteiger partial charge in [0, 0.05) is 31.5 Å². The highest BCUT2D eigenvalue weighted by atomic mass is 35.5. The summed E-state index contributed by atoms with van der Waals surface area (Å²) in [4.78, 5) is 27.3. The lowest BCUT2D eigenvalue weighted by molar-refractivity contribution is -0.00575. The molecule has 0 aliphatic carbocycles. The Bertz CT molecular complexity index is 978. The molecule has 2 heterocycles. The van der Waals surface area contributed by atoms with Crippen molar-refractivity contribution in [1.82, 2.24) is 4.90 Å². The lowest BCUT2D eigenvalue weighted by atomic mass is 9.81. The lowest BCUT2D eigenvalue weighted by Crippen LogP contribution is -2.52. The first-order valence-corrected chi connectivity index (χ1v) is 10.1. The summed E-state index contributed by atoms with van der Waals surface area (Å²) in [6.45, 7) is 5.09. The van der Waals surface area contributed by atoms with E-state index < -0.39 is 5.60 Å². The van der Waals surface area contributed by atoms with E-state index in [-0.39, 0.29) is 11.7 Å². The molecule has 2 aromatic rings. The fourth-order valence-electron chi connectivity index (χ4n) is 3.96. The molecule has 0 radical (unpaired) electrons. The Hall–Kier alpha value is -2.04. The van der Waals surface area contributed by atoms with Crippen molar-refractivity contribution in [2.75, 3.05) is 13.1 Å². The zero-order chi connectivity index (χ0) is 20.1. The first kappa shape index (κ1) is 19.3. The van der Waals surface area contributed by atoms with Gasteiger partial charge in [0.15, 0.2) is 5.78 Å². The molecule has 28 heavy (non-hydrogen) atoms. The molecule has 1 saturated heterocycles. The van der Waals surface area contributed by atoms with Crippen LogP contribution in [0.1, 0.15) is 51.1 Å². The van der Waals surface area contributed by atoms with Crippen molar-refractivity contribution in [2.24, 2.45) is 0 Å². The van der Waals surface area contributed by atoms with Crippen LogP contribution in [0.2, 0.25) is 10.0 Å². The summed E-state index contributed by atoms with van der Waals surface area (Å²) >= 11 is 12.0. The van der Waals surface area contributed by atoms with Gasteiger partial charge in [-0.25, -0.2) is 0 Å². The minimum Gasteiger partial charge on any atom is -0.486 e. The van der Waals surface area contributed by atoms with Gasteiger partial charge in [-0.05, 0) is 55.3 Å². The van der Waals surface area contributed by atoms with Crippen molar-refractivity contribution < 1.29 is 14.3 Å². The predicted molar refractivity (Wildman–Crippen MR) is 110 cm³/mol. The Morgan fingerprint density at radius 3 is 2.39 bits per heavy atom. The molecule has 2 aromatic carbocycles. The Morgan fingerprint density at radius 2 is 1.71 bits per heavy atom. The van der Waals surface area contributed by atoms with Gasteiger partial charge in [0.05, 0.1) is 22.0 Å². The topological polar surface area (TPSA) is 46.6 Å². The van der Waals surface area contributed by atoms with Crippen LogP contribution in [-0.4, -0.2) is 35.3 Å². The average Bonchev–Trinajstić information content (AvgIpc) is 2.66. The van der Waals surface area contributed by atoms with E-state index in [1.54, 1.807) is 23.1 Å². The first-order chi connectivity index (χ1) is 13.3. The van der Waals surface area contributed by atoms with Crippen molar-refractivity contribution in [3.63, 3.8) is 0 Å². The number of rotatable bonds is 1. The summed E-state index contributed by atoms with van der Waals surface area (Å²) in [5.41, 5.74) is 2.86. The number of Topliss-reactive ketones (excluding diaryl/α,β-unsaturated/α-hetero) is 1. The van der Waals surface area contributed by atoms with E-state index in [9.17, 15) is 9.59 Å². The molecule has 4 nitrogen and oxygen atoms in total. The number of amides is 1. The normalized spacial score (nSPS) is 18.0. The minimum atomic E-state index is -0.528. The second-order valence-corrected chi connectivity index (χ2v) is 8.55.